The summed E-state index contributed by atoms with van der Waals surface area (Å²) in [7, 11) is -3.34. The summed E-state index contributed by atoms with van der Waals surface area (Å²) in [6.45, 7) is 4.96. The van der Waals surface area contributed by atoms with Crippen molar-refractivity contribution in [1.82, 2.24) is 0 Å². The molecule has 1 aromatic rings. The average molecular weight is 342 g/mol. The van der Waals surface area contributed by atoms with Gasteiger partial charge in [0.05, 0.1) is 12.2 Å². The summed E-state index contributed by atoms with van der Waals surface area (Å²) >= 11 is 0. The molecule has 0 bridgehead atoms. The molecule has 8 heteroatoms. The van der Waals surface area contributed by atoms with Gasteiger partial charge in [0.1, 0.15) is 0 Å². The minimum atomic E-state index is -3.34. The normalized spacial score (nSPS) is 11.8. The van der Waals surface area contributed by atoms with E-state index in [0.717, 1.165) is 0 Å². The Hall–Kier alpha value is -2.09. The van der Waals surface area contributed by atoms with Crippen LogP contribution in [0.2, 0.25) is 0 Å². The van der Waals surface area contributed by atoms with Crippen LogP contribution in [0.3, 0.4) is 0 Å². The highest BCUT2D eigenvalue weighted by atomic mass is 32.2. The second kappa shape index (κ2) is 7.45. The lowest BCUT2D eigenvalue weighted by Gasteiger charge is -2.21. The number of carbonyl (C=O) groups is 2. The Morgan fingerprint density at radius 1 is 1.09 bits per heavy atom. The van der Waals surface area contributed by atoms with Crippen molar-refractivity contribution in [2.75, 3.05) is 15.8 Å². The van der Waals surface area contributed by atoms with Crippen molar-refractivity contribution in [1.29, 1.82) is 0 Å². The number of amides is 1. The second-order valence-electron chi connectivity index (χ2n) is 6.04. The molecule has 0 aliphatic carbocycles. The van der Waals surface area contributed by atoms with Gasteiger partial charge >= 0.3 is 5.97 Å². The number of hydrogen-bond acceptors (Lipinski definition) is 4. The first-order valence-electron chi connectivity index (χ1n) is 7.15. The predicted octanol–water partition coefficient (Wildman–Crippen LogP) is 2.28. The van der Waals surface area contributed by atoms with Gasteiger partial charge in [-0.2, -0.15) is 0 Å². The second-order valence-corrected chi connectivity index (χ2v) is 8.05. The SMILES string of the molecule is CCS(=O)(=O)Nc1ccc(NC(=O)CC(C)(C)CC(=O)O)cc1. The lowest BCUT2D eigenvalue weighted by molar-refractivity contribution is -0.139. The number of carbonyl (C=O) groups excluding carboxylic acids is 1. The third-order valence-electron chi connectivity index (χ3n) is 3.09. The summed E-state index contributed by atoms with van der Waals surface area (Å²) < 4.78 is 25.3. The number of nitrogens with one attached hydrogen (secondary N) is 2. The lowest BCUT2D eigenvalue weighted by atomic mass is 9.85. The van der Waals surface area contributed by atoms with Gasteiger partial charge in [0.25, 0.3) is 0 Å². The molecule has 0 heterocycles. The number of sulfonamides is 1. The summed E-state index contributed by atoms with van der Waals surface area (Å²) in [5.41, 5.74) is 0.281. The molecule has 1 rings (SSSR count). The number of rotatable bonds is 8. The molecule has 0 aliphatic rings. The molecule has 0 aromatic heterocycles. The molecule has 0 aliphatic heterocycles. The smallest absolute Gasteiger partial charge is 0.303 e. The first kappa shape index (κ1) is 19.0. The highest BCUT2D eigenvalue weighted by Crippen LogP contribution is 2.25. The van der Waals surface area contributed by atoms with Crippen molar-refractivity contribution in [2.24, 2.45) is 5.41 Å². The van der Waals surface area contributed by atoms with Crippen LogP contribution in [0.15, 0.2) is 24.3 Å². The number of aliphatic carboxylic acids is 1. The maximum Gasteiger partial charge on any atom is 0.303 e. The van der Waals surface area contributed by atoms with Gasteiger partial charge in [0.15, 0.2) is 0 Å². The van der Waals surface area contributed by atoms with Crippen LogP contribution in [-0.4, -0.2) is 31.2 Å². The van der Waals surface area contributed by atoms with Crippen LogP contribution < -0.4 is 10.0 Å². The molecule has 1 amide bonds. The fourth-order valence-electron chi connectivity index (χ4n) is 1.99. The number of carboxylic acids is 1. The van der Waals surface area contributed by atoms with Gasteiger partial charge in [0.2, 0.25) is 15.9 Å². The van der Waals surface area contributed by atoms with Gasteiger partial charge < -0.3 is 10.4 Å². The highest BCUT2D eigenvalue weighted by Gasteiger charge is 2.25. The minimum absolute atomic E-state index is 0.0237. The Kier molecular flexibility index (Phi) is 6.14. The van der Waals surface area contributed by atoms with Crippen LogP contribution in [-0.2, 0) is 19.6 Å². The molecule has 0 atom stereocenters. The van der Waals surface area contributed by atoms with Crippen molar-refractivity contribution in [3.8, 4) is 0 Å². The zero-order valence-corrected chi connectivity index (χ0v) is 14.2. The van der Waals surface area contributed by atoms with Gasteiger partial charge in [-0.15, -0.1) is 0 Å². The van der Waals surface area contributed by atoms with E-state index in [-0.39, 0.29) is 24.5 Å². The summed E-state index contributed by atoms with van der Waals surface area (Å²) in [6, 6.07) is 6.25. The molecule has 128 valence electrons. The van der Waals surface area contributed by atoms with Crippen molar-refractivity contribution in [3.05, 3.63) is 24.3 Å². The van der Waals surface area contributed by atoms with E-state index in [4.69, 9.17) is 5.11 Å². The van der Waals surface area contributed by atoms with E-state index in [9.17, 15) is 18.0 Å². The average Bonchev–Trinajstić information content (AvgIpc) is 2.38. The largest absolute Gasteiger partial charge is 0.481 e. The van der Waals surface area contributed by atoms with Crippen LogP contribution in [0.25, 0.3) is 0 Å². The quantitative estimate of drug-likeness (QED) is 0.671. The van der Waals surface area contributed by atoms with Crippen LogP contribution in [0.5, 0.6) is 0 Å². The summed E-state index contributed by atoms with van der Waals surface area (Å²) in [4.78, 5) is 22.7. The summed E-state index contributed by atoms with van der Waals surface area (Å²) in [5, 5.41) is 11.5. The molecule has 0 saturated carbocycles. The van der Waals surface area contributed by atoms with E-state index in [1.807, 2.05) is 0 Å². The van der Waals surface area contributed by atoms with Crippen LogP contribution >= 0.6 is 0 Å². The van der Waals surface area contributed by atoms with E-state index >= 15 is 0 Å². The summed E-state index contributed by atoms with van der Waals surface area (Å²) in [5.74, 6) is -1.27. The Bertz CT molecular complexity index is 666. The standard InChI is InChI=1S/C15H22N2O5S/c1-4-23(21,22)17-12-7-5-11(6-8-12)16-13(18)9-15(2,3)10-14(19)20/h5-8,17H,4,9-10H2,1-3H3,(H,16,18)(H,19,20). The minimum Gasteiger partial charge on any atom is -0.481 e. The van der Waals surface area contributed by atoms with Crippen LogP contribution in [0.4, 0.5) is 11.4 Å². The lowest BCUT2D eigenvalue weighted by Crippen LogP contribution is -2.24. The number of anilines is 2. The van der Waals surface area contributed by atoms with Gasteiger partial charge in [-0.3, -0.25) is 14.3 Å². The maximum absolute atomic E-state index is 12.0. The molecular weight excluding hydrogens is 320 g/mol. The monoisotopic (exact) mass is 342 g/mol. The van der Waals surface area contributed by atoms with E-state index in [2.05, 4.69) is 10.0 Å². The first-order valence-corrected chi connectivity index (χ1v) is 8.80. The van der Waals surface area contributed by atoms with Crippen molar-refractivity contribution in [2.45, 2.75) is 33.6 Å². The van der Waals surface area contributed by atoms with Crippen LogP contribution in [0.1, 0.15) is 33.6 Å². The summed E-state index contributed by atoms with van der Waals surface area (Å²) in [6.07, 6.45) is -0.0261. The molecule has 0 unspecified atom stereocenters. The zero-order chi connectivity index (χ0) is 17.7. The fourth-order valence-corrected chi connectivity index (χ4v) is 2.62. The molecule has 23 heavy (non-hydrogen) atoms. The Balaban J connectivity index is 2.65. The zero-order valence-electron chi connectivity index (χ0n) is 13.4. The molecule has 1 aromatic carbocycles. The van der Waals surface area contributed by atoms with Crippen molar-refractivity contribution >= 4 is 33.3 Å². The van der Waals surface area contributed by atoms with E-state index < -0.39 is 21.4 Å². The molecule has 0 fully saturated rings. The van der Waals surface area contributed by atoms with Gasteiger partial charge in [-0.25, -0.2) is 8.42 Å². The highest BCUT2D eigenvalue weighted by molar-refractivity contribution is 7.92. The molecular formula is C15H22N2O5S. The van der Waals surface area contributed by atoms with Crippen molar-refractivity contribution < 1.29 is 23.1 Å². The van der Waals surface area contributed by atoms with Crippen molar-refractivity contribution in [3.63, 3.8) is 0 Å². The third-order valence-corrected chi connectivity index (χ3v) is 4.40. The Morgan fingerprint density at radius 3 is 2.09 bits per heavy atom. The Morgan fingerprint density at radius 2 is 1.61 bits per heavy atom. The predicted molar refractivity (Wildman–Crippen MR) is 88.8 cm³/mol. The fraction of sp³-hybridized carbons (Fsp3) is 0.467. The molecule has 0 radical (unpaired) electrons. The molecule has 0 saturated heterocycles. The molecule has 0 spiro atoms. The van der Waals surface area contributed by atoms with E-state index in [1.165, 1.54) is 6.92 Å². The van der Waals surface area contributed by atoms with Gasteiger partial charge in [0, 0.05) is 17.8 Å². The molecule has 7 nitrogen and oxygen atoms in total. The number of benzene rings is 1. The topological polar surface area (TPSA) is 113 Å². The van der Waals surface area contributed by atoms with Gasteiger partial charge in [-0.1, -0.05) is 13.8 Å². The first-order chi connectivity index (χ1) is 10.5. The Labute approximate surface area is 136 Å². The number of hydrogen-bond donors (Lipinski definition) is 3. The van der Waals surface area contributed by atoms with E-state index in [1.54, 1.807) is 38.1 Å². The van der Waals surface area contributed by atoms with Gasteiger partial charge in [-0.05, 0) is 36.6 Å². The van der Waals surface area contributed by atoms with Crippen LogP contribution in [0, 0.1) is 5.41 Å². The third kappa shape index (κ3) is 7.14. The number of carboxylic acid groups (broad SMARTS) is 1. The van der Waals surface area contributed by atoms with E-state index in [0.29, 0.717) is 11.4 Å². The maximum atomic E-state index is 12.0. The molecule has 3 N–H and O–H groups in total.